The van der Waals surface area contributed by atoms with E-state index < -0.39 is 6.10 Å². The summed E-state index contributed by atoms with van der Waals surface area (Å²) in [6.45, 7) is 2.25. The number of methoxy groups -OCH3 is 1. The molecule has 4 heteroatoms. The zero-order valence-electron chi connectivity index (χ0n) is 6.70. The fourth-order valence-electron chi connectivity index (χ4n) is 0.926. The SMILES string of the molecule is CCC1OCC(C(=O)OC)O1. The van der Waals surface area contributed by atoms with Crippen LogP contribution in [0.3, 0.4) is 0 Å². The monoisotopic (exact) mass is 160 g/mol. The second-order valence-corrected chi connectivity index (χ2v) is 2.32. The first-order valence-corrected chi connectivity index (χ1v) is 3.62. The van der Waals surface area contributed by atoms with Gasteiger partial charge < -0.3 is 14.2 Å². The van der Waals surface area contributed by atoms with Crippen molar-refractivity contribution in [3.63, 3.8) is 0 Å². The van der Waals surface area contributed by atoms with Gasteiger partial charge in [-0.3, -0.25) is 0 Å². The lowest BCUT2D eigenvalue weighted by molar-refractivity contribution is -0.154. The molecule has 1 rings (SSSR count). The quantitative estimate of drug-likeness (QED) is 0.545. The molecule has 0 aliphatic carbocycles. The molecule has 0 bridgehead atoms. The van der Waals surface area contributed by atoms with Crippen LogP contribution in [0.15, 0.2) is 0 Å². The highest BCUT2D eigenvalue weighted by molar-refractivity contribution is 5.74. The van der Waals surface area contributed by atoms with Gasteiger partial charge in [-0.2, -0.15) is 0 Å². The molecule has 0 aromatic rings. The average Bonchev–Trinajstić information content (AvgIpc) is 2.50. The molecule has 1 saturated heterocycles. The Morgan fingerprint density at radius 2 is 2.45 bits per heavy atom. The van der Waals surface area contributed by atoms with Crippen molar-refractivity contribution in [2.24, 2.45) is 0 Å². The van der Waals surface area contributed by atoms with E-state index in [4.69, 9.17) is 9.47 Å². The van der Waals surface area contributed by atoms with Crippen LogP contribution in [0.2, 0.25) is 0 Å². The van der Waals surface area contributed by atoms with Gasteiger partial charge in [-0.25, -0.2) is 4.79 Å². The molecule has 64 valence electrons. The average molecular weight is 160 g/mol. The molecule has 0 radical (unpaired) electrons. The summed E-state index contributed by atoms with van der Waals surface area (Å²) in [6, 6.07) is 0. The third kappa shape index (κ3) is 1.91. The van der Waals surface area contributed by atoms with Crippen LogP contribution in [0.5, 0.6) is 0 Å². The number of carbonyl (C=O) groups excluding carboxylic acids is 1. The summed E-state index contributed by atoms with van der Waals surface area (Å²) in [4.78, 5) is 10.8. The van der Waals surface area contributed by atoms with Crippen LogP contribution in [0.1, 0.15) is 13.3 Å². The summed E-state index contributed by atoms with van der Waals surface area (Å²) in [7, 11) is 1.34. The van der Waals surface area contributed by atoms with Gasteiger partial charge in [-0.05, 0) is 6.42 Å². The Bertz CT molecular complexity index is 145. The second-order valence-electron chi connectivity index (χ2n) is 2.32. The second kappa shape index (κ2) is 3.69. The summed E-state index contributed by atoms with van der Waals surface area (Å²) in [5, 5.41) is 0. The first-order valence-electron chi connectivity index (χ1n) is 3.62. The predicted octanol–water partition coefficient (Wildman–Crippen LogP) is 0.311. The number of rotatable bonds is 2. The maximum Gasteiger partial charge on any atom is 0.337 e. The number of ether oxygens (including phenoxy) is 3. The van der Waals surface area contributed by atoms with Crippen molar-refractivity contribution in [2.75, 3.05) is 13.7 Å². The van der Waals surface area contributed by atoms with Gasteiger partial charge in [0.1, 0.15) is 0 Å². The molecule has 1 fully saturated rings. The van der Waals surface area contributed by atoms with Crippen LogP contribution in [0.25, 0.3) is 0 Å². The fraction of sp³-hybridized carbons (Fsp3) is 0.857. The Labute approximate surface area is 65.4 Å². The zero-order valence-corrected chi connectivity index (χ0v) is 6.70. The van der Waals surface area contributed by atoms with Crippen molar-refractivity contribution < 1.29 is 19.0 Å². The van der Waals surface area contributed by atoms with Crippen LogP contribution in [0, 0.1) is 0 Å². The van der Waals surface area contributed by atoms with Crippen molar-refractivity contribution in [1.29, 1.82) is 0 Å². The van der Waals surface area contributed by atoms with Gasteiger partial charge in [0.15, 0.2) is 12.4 Å². The minimum absolute atomic E-state index is 0.237. The van der Waals surface area contributed by atoms with Gasteiger partial charge in [0, 0.05) is 0 Å². The minimum atomic E-state index is -0.523. The normalized spacial score (nSPS) is 30.4. The number of carbonyl (C=O) groups is 1. The molecule has 0 spiro atoms. The van der Waals surface area contributed by atoms with Gasteiger partial charge in [0.2, 0.25) is 0 Å². The largest absolute Gasteiger partial charge is 0.467 e. The van der Waals surface area contributed by atoms with E-state index in [1.165, 1.54) is 7.11 Å². The van der Waals surface area contributed by atoms with Gasteiger partial charge in [0.25, 0.3) is 0 Å². The Morgan fingerprint density at radius 3 is 2.91 bits per heavy atom. The maximum absolute atomic E-state index is 10.8. The standard InChI is InChI=1S/C7H12O4/c1-3-6-10-4-5(11-6)7(8)9-2/h5-6H,3-4H2,1-2H3. The first-order chi connectivity index (χ1) is 5.27. The Morgan fingerprint density at radius 1 is 1.73 bits per heavy atom. The van der Waals surface area contributed by atoms with E-state index in [9.17, 15) is 4.79 Å². The van der Waals surface area contributed by atoms with Crippen LogP contribution in [0.4, 0.5) is 0 Å². The molecule has 1 heterocycles. The molecule has 0 amide bonds. The molecular weight excluding hydrogens is 148 g/mol. The summed E-state index contributed by atoms with van der Waals surface area (Å²) >= 11 is 0. The molecule has 0 saturated carbocycles. The number of hydrogen-bond donors (Lipinski definition) is 0. The topological polar surface area (TPSA) is 44.8 Å². The number of hydrogen-bond acceptors (Lipinski definition) is 4. The molecule has 11 heavy (non-hydrogen) atoms. The first kappa shape index (κ1) is 8.49. The number of esters is 1. The lowest BCUT2D eigenvalue weighted by Crippen LogP contribution is -2.24. The van der Waals surface area contributed by atoms with Gasteiger partial charge >= 0.3 is 5.97 Å². The van der Waals surface area contributed by atoms with E-state index in [0.29, 0.717) is 6.61 Å². The maximum atomic E-state index is 10.8. The lowest BCUT2D eigenvalue weighted by atomic mass is 10.4. The van der Waals surface area contributed by atoms with Crippen molar-refractivity contribution in [1.82, 2.24) is 0 Å². The molecule has 0 N–H and O–H groups in total. The van der Waals surface area contributed by atoms with Gasteiger partial charge in [-0.1, -0.05) is 6.92 Å². The zero-order chi connectivity index (χ0) is 8.27. The lowest BCUT2D eigenvalue weighted by Gasteiger charge is -2.06. The molecule has 4 nitrogen and oxygen atoms in total. The van der Waals surface area contributed by atoms with Crippen molar-refractivity contribution >= 4 is 5.97 Å². The van der Waals surface area contributed by atoms with Crippen molar-refractivity contribution in [3.8, 4) is 0 Å². The summed E-state index contributed by atoms with van der Waals surface area (Å²) < 4.78 is 14.8. The Kier molecular flexibility index (Phi) is 2.84. The highest BCUT2D eigenvalue weighted by Crippen LogP contribution is 2.14. The molecule has 0 aromatic carbocycles. The predicted molar refractivity (Wildman–Crippen MR) is 36.9 cm³/mol. The third-order valence-electron chi connectivity index (χ3n) is 1.55. The molecule has 1 aliphatic rings. The molecular formula is C7H12O4. The summed E-state index contributed by atoms with van der Waals surface area (Å²) in [6.07, 6.45) is -0.00270. The summed E-state index contributed by atoms with van der Waals surface area (Å²) in [5.74, 6) is -0.360. The van der Waals surface area contributed by atoms with E-state index in [2.05, 4.69) is 4.74 Å². The van der Waals surface area contributed by atoms with Crippen LogP contribution in [-0.4, -0.2) is 32.1 Å². The van der Waals surface area contributed by atoms with E-state index in [-0.39, 0.29) is 12.3 Å². The van der Waals surface area contributed by atoms with Crippen LogP contribution >= 0.6 is 0 Å². The highest BCUT2D eigenvalue weighted by atomic mass is 16.7. The van der Waals surface area contributed by atoms with Gasteiger partial charge in [0.05, 0.1) is 13.7 Å². The molecule has 2 atom stereocenters. The third-order valence-corrected chi connectivity index (χ3v) is 1.55. The van der Waals surface area contributed by atoms with Crippen molar-refractivity contribution in [2.45, 2.75) is 25.7 Å². The fourth-order valence-corrected chi connectivity index (χ4v) is 0.926. The smallest absolute Gasteiger partial charge is 0.337 e. The van der Waals surface area contributed by atoms with Crippen LogP contribution in [-0.2, 0) is 19.0 Å². The summed E-state index contributed by atoms with van der Waals surface area (Å²) in [5.41, 5.74) is 0. The molecule has 0 aromatic heterocycles. The Hall–Kier alpha value is -0.610. The molecule has 2 unspecified atom stereocenters. The minimum Gasteiger partial charge on any atom is -0.467 e. The van der Waals surface area contributed by atoms with Gasteiger partial charge in [-0.15, -0.1) is 0 Å². The molecule has 1 aliphatic heterocycles. The van der Waals surface area contributed by atoms with E-state index in [1.807, 2.05) is 6.92 Å². The Balaban J connectivity index is 2.35. The van der Waals surface area contributed by atoms with E-state index >= 15 is 0 Å². The van der Waals surface area contributed by atoms with Crippen molar-refractivity contribution in [3.05, 3.63) is 0 Å². The van der Waals surface area contributed by atoms with E-state index in [0.717, 1.165) is 6.42 Å². The highest BCUT2D eigenvalue weighted by Gasteiger charge is 2.30. The van der Waals surface area contributed by atoms with Crippen LogP contribution < -0.4 is 0 Å². The van der Waals surface area contributed by atoms with E-state index in [1.54, 1.807) is 0 Å².